The summed E-state index contributed by atoms with van der Waals surface area (Å²) in [7, 11) is 3.80. The number of ether oxygens (including phenoxy) is 1. The van der Waals surface area contributed by atoms with E-state index in [1.165, 1.54) is 5.56 Å². The molecule has 1 aliphatic heterocycles. The Balaban J connectivity index is 1.35. The van der Waals surface area contributed by atoms with E-state index in [-0.39, 0.29) is 11.8 Å². The molecule has 0 spiro atoms. The normalized spacial score (nSPS) is 14.7. The third kappa shape index (κ3) is 6.38. The Bertz CT molecular complexity index is 1290. The number of fused-ring (bicyclic) bond motifs is 1. The van der Waals surface area contributed by atoms with Crippen LogP contribution in [-0.2, 0) is 22.4 Å². The molecule has 206 valence electrons. The molecule has 1 aromatic carbocycles. The highest BCUT2D eigenvalue weighted by Crippen LogP contribution is 2.40. The van der Waals surface area contributed by atoms with Crippen LogP contribution in [0.3, 0.4) is 0 Å². The molecule has 4 rings (SSSR count). The number of carbonyl (C=O) groups is 2. The highest BCUT2D eigenvalue weighted by atomic mass is 16.5. The lowest BCUT2D eigenvalue weighted by atomic mass is 9.90. The molecule has 3 aromatic rings. The Labute approximate surface area is 231 Å². The van der Waals surface area contributed by atoms with Crippen molar-refractivity contribution in [2.75, 3.05) is 48.5 Å². The van der Waals surface area contributed by atoms with Gasteiger partial charge in [0.25, 0.3) is 0 Å². The quantitative estimate of drug-likeness (QED) is 0.259. The van der Waals surface area contributed by atoms with E-state index in [2.05, 4.69) is 34.0 Å². The van der Waals surface area contributed by atoms with E-state index in [0.29, 0.717) is 24.6 Å². The molecule has 0 radical (unpaired) electrons. The summed E-state index contributed by atoms with van der Waals surface area (Å²) in [6, 6.07) is 13.9. The first-order valence-electron chi connectivity index (χ1n) is 13.6. The van der Waals surface area contributed by atoms with Crippen molar-refractivity contribution in [3.8, 4) is 5.75 Å². The molecule has 2 amide bonds. The Morgan fingerprint density at radius 3 is 2.56 bits per heavy atom. The first-order chi connectivity index (χ1) is 18.7. The van der Waals surface area contributed by atoms with E-state index in [9.17, 15) is 9.59 Å². The molecule has 0 unspecified atom stereocenters. The number of hydrogen-bond donors (Lipinski definition) is 0. The molecule has 0 aliphatic carbocycles. The van der Waals surface area contributed by atoms with Crippen molar-refractivity contribution in [2.24, 2.45) is 5.41 Å². The molecule has 1 aliphatic rings. The predicted molar refractivity (Wildman–Crippen MR) is 156 cm³/mol. The molecule has 8 nitrogen and oxygen atoms in total. The largest absolute Gasteiger partial charge is 0.493 e. The molecule has 3 heterocycles. The lowest BCUT2D eigenvalue weighted by Gasteiger charge is -2.27. The van der Waals surface area contributed by atoms with Crippen molar-refractivity contribution in [1.82, 2.24) is 9.97 Å². The van der Waals surface area contributed by atoms with Gasteiger partial charge >= 0.3 is 0 Å². The summed E-state index contributed by atoms with van der Waals surface area (Å²) >= 11 is 0. The molecule has 0 saturated heterocycles. The third-order valence-electron chi connectivity index (χ3n) is 7.21. The number of hydrogen-bond acceptors (Lipinski definition) is 6. The molecule has 2 aromatic heterocycles. The molecular formula is C31H39N5O3. The van der Waals surface area contributed by atoms with Crippen LogP contribution in [-0.4, -0.2) is 55.6 Å². The Morgan fingerprint density at radius 2 is 1.82 bits per heavy atom. The Kier molecular flexibility index (Phi) is 8.84. The van der Waals surface area contributed by atoms with Crippen molar-refractivity contribution in [3.05, 3.63) is 72.3 Å². The highest BCUT2D eigenvalue weighted by molar-refractivity contribution is 6.20. The SMILES string of the molecule is CCCN1C(=O)C(C)(C)C(=O)N(C)c2cc(OCCCN(C)c3ccnc(CCc4cccnc4)c3)ccc21. The predicted octanol–water partition coefficient (Wildman–Crippen LogP) is 4.91. The summed E-state index contributed by atoms with van der Waals surface area (Å²) in [6.45, 7) is 7.33. The van der Waals surface area contributed by atoms with Gasteiger partial charge in [-0.1, -0.05) is 13.0 Å². The van der Waals surface area contributed by atoms with Gasteiger partial charge in [0, 0.05) is 63.2 Å². The van der Waals surface area contributed by atoms with Crippen LogP contribution in [0.1, 0.15) is 44.9 Å². The minimum atomic E-state index is -1.12. The standard InChI is InChI=1S/C31H39N5O3/c1-6-17-36-27-13-12-26(21-28(27)35(5)29(37)31(2,3)30(36)38)39-19-8-18-34(4)25-14-16-33-24(20-25)11-10-23-9-7-15-32-22-23/h7,9,12-16,20-22H,6,8,10-11,17-19H2,1-5H3. The Hall–Kier alpha value is -3.94. The third-order valence-corrected chi connectivity index (χ3v) is 7.21. The summed E-state index contributed by atoms with van der Waals surface area (Å²) in [4.78, 5) is 40.6. The molecule has 0 bridgehead atoms. The number of anilines is 3. The van der Waals surface area contributed by atoms with Gasteiger partial charge in [-0.3, -0.25) is 19.6 Å². The molecule has 0 atom stereocenters. The maximum atomic E-state index is 13.2. The van der Waals surface area contributed by atoms with Gasteiger partial charge in [0.1, 0.15) is 11.2 Å². The first-order valence-corrected chi connectivity index (χ1v) is 13.6. The van der Waals surface area contributed by atoms with Crippen molar-refractivity contribution in [2.45, 2.75) is 46.5 Å². The van der Waals surface area contributed by atoms with E-state index >= 15 is 0 Å². The summed E-state index contributed by atoms with van der Waals surface area (Å²) in [5.41, 5.74) is 3.70. The summed E-state index contributed by atoms with van der Waals surface area (Å²) in [6.07, 6.45) is 8.95. The van der Waals surface area contributed by atoms with Crippen LogP contribution in [0.25, 0.3) is 0 Å². The van der Waals surface area contributed by atoms with E-state index < -0.39 is 5.41 Å². The maximum absolute atomic E-state index is 13.2. The average Bonchev–Trinajstić information content (AvgIpc) is 3.00. The molecule has 0 saturated carbocycles. The number of aryl methyl sites for hydroxylation is 2. The minimum Gasteiger partial charge on any atom is -0.493 e. The second-order valence-corrected chi connectivity index (χ2v) is 10.6. The monoisotopic (exact) mass is 529 g/mol. The van der Waals surface area contributed by atoms with Gasteiger partial charge in [-0.25, -0.2) is 0 Å². The zero-order chi connectivity index (χ0) is 28.0. The van der Waals surface area contributed by atoms with Crippen molar-refractivity contribution < 1.29 is 14.3 Å². The van der Waals surface area contributed by atoms with Gasteiger partial charge in [0.2, 0.25) is 11.8 Å². The fourth-order valence-corrected chi connectivity index (χ4v) is 4.88. The molecule has 0 N–H and O–H groups in total. The highest BCUT2D eigenvalue weighted by Gasteiger charge is 2.45. The smallest absolute Gasteiger partial charge is 0.242 e. The van der Waals surface area contributed by atoms with Gasteiger partial charge in [-0.2, -0.15) is 0 Å². The summed E-state index contributed by atoms with van der Waals surface area (Å²) in [5.74, 6) is 0.289. The molecular weight excluding hydrogens is 490 g/mol. The zero-order valence-corrected chi connectivity index (χ0v) is 23.7. The van der Waals surface area contributed by atoms with Crippen LogP contribution in [0.15, 0.2) is 61.1 Å². The van der Waals surface area contributed by atoms with Gasteiger partial charge in [0.15, 0.2) is 0 Å². The van der Waals surface area contributed by atoms with E-state index in [1.54, 1.807) is 36.9 Å². The van der Waals surface area contributed by atoms with E-state index in [4.69, 9.17) is 4.74 Å². The second-order valence-electron chi connectivity index (χ2n) is 10.6. The fraction of sp³-hybridized carbons (Fsp3) is 0.419. The van der Waals surface area contributed by atoms with E-state index in [1.807, 2.05) is 49.6 Å². The van der Waals surface area contributed by atoms with Crippen LogP contribution in [0.4, 0.5) is 17.1 Å². The van der Waals surface area contributed by atoms with Crippen LogP contribution >= 0.6 is 0 Å². The average molecular weight is 530 g/mol. The number of nitrogens with zero attached hydrogens (tertiary/aromatic N) is 5. The number of carbonyl (C=O) groups excluding carboxylic acids is 2. The number of aromatic nitrogens is 2. The summed E-state index contributed by atoms with van der Waals surface area (Å²) < 4.78 is 6.08. The fourth-order valence-electron chi connectivity index (χ4n) is 4.88. The first kappa shape index (κ1) is 28.1. The topological polar surface area (TPSA) is 78.9 Å². The minimum absolute atomic E-state index is 0.173. The number of pyridine rings is 2. The van der Waals surface area contributed by atoms with Crippen molar-refractivity contribution in [1.29, 1.82) is 0 Å². The van der Waals surface area contributed by atoms with Crippen LogP contribution in [0.2, 0.25) is 0 Å². The molecule has 8 heteroatoms. The van der Waals surface area contributed by atoms with Crippen LogP contribution < -0.4 is 19.4 Å². The molecule has 0 fully saturated rings. The lowest BCUT2D eigenvalue weighted by Crippen LogP contribution is -2.47. The van der Waals surface area contributed by atoms with Crippen molar-refractivity contribution in [3.63, 3.8) is 0 Å². The second kappa shape index (κ2) is 12.3. The zero-order valence-electron chi connectivity index (χ0n) is 23.7. The number of rotatable bonds is 11. The maximum Gasteiger partial charge on any atom is 0.242 e. The number of benzene rings is 1. The molecule has 39 heavy (non-hydrogen) atoms. The Morgan fingerprint density at radius 1 is 1.00 bits per heavy atom. The van der Waals surface area contributed by atoms with Gasteiger partial charge in [-0.05, 0) is 75.4 Å². The van der Waals surface area contributed by atoms with Crippen LogP contribution in [0, 0.1) is 5.41 Å². The lowest BCUT2D eigenvalue weighted by molar-refractivity contribution is -0.137. The van der Waals surface area contributed by atoms with Crippen molar-refractivity contribution >= 4 is 28.9 Å². The number of amides is 2. The van der Waals surface area contributed by atoms with Gasteiger partial charge < -0.3 is 19.4 Å². The van der Waals surface area contributed by atoms with Gasteiger partial charge in [-0.15, -0.1) is 0 Å². The summed E-state index contributed by atoms with van der Waals surface area (Å²) in [5, 5.41) is 0. The van der Waals surface area contributed by atoms with Gasteiger partial charge in [0.05, 0.1) is 18.0 Å². The van der Waals surface area contributed by atoms with E-state index in [0.717, 1.165) is 49.3 Å². The van der Waals surface area contributed by atoms with Crippen LogP contribution in [0.5, 0.6) is 5.75 Å².